The van der Waals surface area contributed by atoms with Gasteiger partial charge in [0.05, 0.1) is 12.7 Å². The SMILES string of the molecule is COc1ccccc1-c1nc2cc(C)ccn2c1NC(=O)c1ccc(C(F)(F)F)cc1. The molecule has 0 aliphatic heterocycles. The Bertz CT molecular complexity index is 1260. The average Bonchev–Trinajstić information content (AvgIpc) is 3.10. The van der Waals surface area contributed by atoms with Crippen molar-refractivity contribution in [2.45, 2.75) is 13.1 Å². The van der Waals surface area contributed by atoms with Crippen molar-refractivity contribution >= 4 is 17.4 Å². The number of methoxy groups -OCH3 is 1. The summed E-state index contributed by atoms with van der Waals surface area (Å²) >= 11 is 0. The summed E-state index contributed by atoms with van der Waals surface area (Å²) < 4.78 is 45.6. The van der Waals surface area contributed by atoms with Crippen LogP contribution in [-0.2, 0) is 6.18 Å². The summed E-state index contributed by atoms with van der Waals surface area (Å²) in [7, 11) is 1.54. The van der Waals surface area contributed by atoms with E-state index in [2.05, 4.69) is 10.3 Å². The lowest BCUT2D eigenvalue weighted by Crippen LogP contribution is -2.15. The number of aryl methyl sites for hydroxylation is 1. The molecule has 158 valence electrons. The number of aromatic nitrogens is 2. The first-order chi connectivity index (χ1) is 14.8. The van der Waals surface area contributed by atoms with E-state index in [0.717, 1.165) is 29.8 Å². The lowest BCUT2D eigenvalue weighted by atomic mass is 10.1. The number of hydrogen-bond donors (Lipinski definition) is 1. The summed E-state index contributed by atoms with van der Waals surface area (Å²) in [4.78, 5) is 17.5. The maximum Gasteiger partial charge on any atom is 0.416 e. The summed E-state index contributed by atoms with van der Waals surface area (Å²) in [6.07, 6.45) is -2.69. The van der Waals surface area contributed by atoms with Crippen LogP contribution in [0.15, 0.2) is 66.9 Å². The molecule has 0 spiro atoms. The number of rotatable bonds is 4. The Morgan fingerprint density at radius 3 is 2.45 bits per heavy atom. The summed E-state index contributed by atoms with van der Waals surface area (Å²) in [5.41, 5.74) is 2.05. The Kier molecular flexibility index (Phi) is 5.14. The fourth-order valence-electron chi connectivity index (χ4n) is 3.28. The molecule has 2 heterocycles. The van der Waals surface area contributed by atoms with Crippen molar-refractivity contribution in [1.82, 2.24) is 9.38 Å². The highest BCUT2D eigenvalue weighted by molar-refractivity contribution is 6.06. The molecule has 31 heavy (non-hydrogen) atoms. The minimum absolute atomic E-state index is 0.0982. The smallest absolute Gasteiger partial charge is 0.416 e. The molecular formula is C23H18F3N3O2. The molecule has 0 saturated carbocycles. The van der Waals surface area contributed by atoms with Gasteiger partial charge < -0.3 is 10.1 Å². The van der Waals surface area contributed by atoms with Gasteiger partial charge in [0.1, 0.15) is 22.9 Å². The van der Waals surface area contributed by atoms with Gasteiger partial charge in [0, 0.05) is 17.3 Å². The van der Waals surface area contributed by atoms with Crippen LogP contribution in [0.25, 0.3) is 16.9 Å². The maximum atomic E-state index is 12.9. The fraction of sp³-hybridized carbons (Fsp3) is 0.130. The number of anilines is 1. The standard InChI is InChI=1S/C23H18F3N3O2/c1-14-11-12-29-19(13-14)27-20(17-5-3-4-6-18(17)31-2)21(29)28-22(30)15-7-9-16(10-8-15)23(24,25)26/h3-13H,1-2H3,(H,28,30). The highest BCUT2D eigenvalue weighted by Crippen LogP contribution is 2.35. The Labute approximate surface area is 176 Å². The molecular weight excluding hydrogens is 407 g/mol. The Hall–Kier alpha value is -3.81. The molecule has 0 atom stereocenters. The molecule has 0 aliphatic carbocycles. The van der Waals surface area contributed by atoms with Crippen LogP contribution in [0.4, 0.5) is 19.0 Å². The predicted molar refractivity (Wildman–Crippen MR) is 111 cm³/mol. The number of nitrogens with zero attached hydrogens (tertiary/aromatic N) is 2. The number of para-hydroxylation sites is 1. The average molecular weight is 425 g/mol. The Morgan fingerprint density at radius 2 is 1.77 bits per heavy atom. The topological polar surface area (TPSA) is 55.6 Å². The molecule has 1 amide bonds. The number of alkyl halides is 3. The number of pyridine rings is 1. The second-order valence-corrected chi connectivity index (χ2v) is 6.97. The number of hydrogen-bond acceptors (Lipinski definition) is 3. The molecule has 8 heteroatoms. The second-order valence-electron chi connectivity index (χ2n) is 6.97. The van der Waals surface area contributed by atoms with Crippen molar-refractivity contribution in [1.29, 1.82) is 0 Å². The van der Waals surface area contributed by atoms with Crippen LogP contribution >= 0.6 is 0 Å². The molecule has 0 radical (unpaired) electrons. The summed E-state index contributed by atoms with van der Waals surface area (Å²) in [5.74, 6) is 0.421. The van der Waals surface area contributed by atoms with E-state index in [4.69, 9.17) is 4.74 Å². The number of carbonyl (C=O) groups is 1. The first kappa shape index (κ1) is 20.5. The van der Waals surface area contributed by atoms with Crippen LogP contribution in [0, 0.1) is 6.92 Å². The van der Waals surface area contributed by atoms with Gasteiger partial charge in [-0.25, -0.2) is 4.98 Å². The van der Waals surface area contributed by atoms with Crippen LogP contribution in [0.2, 0.25) is 0 Å². The first-order valence-electron chi connectivity index (χ1n) is 9.38. The van der Waals surface area contributed by atoms with Crippen LogP contribution in [0.3, 0.4) is 0 Å². The van der Waals surface area contributed by atoms with Crippen molar-refractivity contribution in [3.63, 3.8) is 0 Å². The van der Waals surface area contributed by atoms with Gasteiger partial charge in [-0.2, -0.15) is 13.2 Å². The van der Waals surface area contributed by atoms with E-state index in [0.29, 0.717) is 28.5 Å². The monoisotopic (exact) mass is 425 g/mol. The fourth-order valence-corrected chi connectivity index (χ4v) is 3.28. The number of carbonyl (C=O) groups excluding carboxylic acids is 1. The molecule has 2 aromatic heterocycles. The minimum Gasteiger partial charge on any atom is -0.496 e. The zero-order valence-corrected chi connectivity index (χ0v) is 16.7. The van der Waals surface area contributed by atoms with Crippen LogP contribution in [0.5, 0.6) is 5.75 Å². The number of imidazole rings is 1. The van der Waals surface area contributed by atoms with Crippen molar-refractivity contribution in [3.8, 4) is 17.0 Å². The van der Waals surface area contributed by atoms with Crippen molar-refractivity contribution in [3.05, 3.63) is 83.6 Å². The number of fused-ring (bicyclic) bond motifs is 1. The number of nitrogens with one attached hydrogen (secondary N) is 1. The Morgan fingerprint density at radius 1 is 1.06 bits per heavy atom. The molecule has 4 aromatic rings. The molecule has 2 aromatic carbocycles. The van der Waals surface area contributed by atoms with Gasteiger partial charge in [0.25, 0.3) is 5.91 Å². The third kappa shape index (κ3) is 3.96. The van der Waals surface area contributed by atoms with E-state index in [-0.39, 0.29) is 5.56 Å². The van der Waals surface area contributed by atoms with Crippen molar-refractivity contribution < 1.29 is 22.7 Å². The van der Waals surface area contributed by atoms with Gasteiger partial charge in [0.15, 0.2) is 0 Å². The molecule has 1 N–H and O–H groups in total. The quantitative estimate of drug-likeness (QED) is 0.464. The molecule has 4 rings (SSSR count). The minimum atomic E-state index is -4.47. The van der Waals surface area contributed by atoms with E-state index in [1.165, 1.54) is 0 Å². The van der Waals surface area contributed by atoms with Crippen molar-refractivity contribution in [2.24, 2.45) is 0 Å². The van der Waals surface area contributed by atoms with Crippen LogP contribution < -0.4 is 10.1 Å². The van der Waals surface area contributed by atoms with E-state index in [1.807, 2.05) is 37.3 Å². The lowest BCUT2D eigenvalue weighted by Gasteiger charge is -2.11. The van der Waals surface area contributed by atoms with E-state index < -0.39 is 17.6 Å². The molecule has 0 fully saturated rings. The zero-order valence-electron chi connectivity index (χ0n) is 16.7. The lowest BCUT2D eigenvalue weighted by molar-refractivity contribution is -0.137. The summed E-state index contributed by atoms with van der Waals surface area (Å²) in [6, 6.07) is 15.1. The maximum absolute atomic E-state index is 12.9. The third-order valence-corrected chi connectivity index (χ3v) is 4.85. The highest BCUT2D eigenvalue weighted by Gasteiger charge is 2.30. The number of amides is 1. The van der Waals surface area contributed by atoms with Gasteiger partial charge in [-0.1, -0.05) is 12.1 Å². The second kappa shape index (κ2) is 7.79. The van der Waals surface area contributed by atoms with E-state index in [9.17, 15) is 18.0 Å². The largest absolute Gasteiger partial charge is 0.496 e. The molecule has 0 bridgehead atoms. The molecule has 0 saturated heterocycles. The van der Waals surface area contributed by atoms with Gasteiger partial charge >= 0.3 is 6.18 Å². The Balaban J connectivity index is 1.78. The third-order valence-electron chi connectivity index (χ3n) is 4.85. The van der Waals surface area contributed by atoms with Gasteiger partial charge in [-0.15, -0.1) is 0 Å². The van der Waals surface area contributed by atoms with Gasteiger partial charge in [0.2, 0.25) is 0 Å². The number of benzene rings is 2. The number of ether oxygens (including phenoxy) is 1. The van der Waals surface area contributed by atoms with Gasteiger partial charge in [-0.3, -0.25) is 9.20 Å². The van der Waals surface area contributed by atoms with Crippen molar-refractivity contribution in [2.75, 3.05) is 12.4 Å². The number of halogens is 3. The van der Waals surface area contributed by atoms with Crippen LogP contribution in [-0.4, -0.2) is 22.4 Å². The molecule has 5 nitrogen and oxygen atoms in total. The predicted octanol–water partition coefficient (Wildman–Crippen LogP) is 5.59. The molecule has 0 aliphatic rings. The first-order valence-corrected chi connectivity index (χ1v) is 9.38. The van der Waals surface area contributed by atoms with Gasteiger partial charge in [-0.05, 0) is 61.0 Å². The van der Waals surface area contributed by atoms with Crippen LogP contribution in [0.1, 0.15) is 21.5 Å². The zero-order chi connectivity index (χ0) is 22.2. The summed E-state index contributed by atoms with van der Waals surface area (Å²) in [5, 5.41) is 2.80. The normalized spacial score (nSPS) is 11.5. The summed E-state index contributed by atoms with van der Waals surface area (Å²) in [6.45, 7) is 1.93. The van der Waals surface area contributed by atoms with E-state index >= 15 is 0 Å². The highest BCUT2D eigenvalue weighted by atomic mass is 19.4. The molecule has 0 unspecified atom stereocenters. The van der Waals surface area contributed by atoms with E-state index in [1.54, 1.807) is 23.8 Å².